The van der Waals surface area contributed by atoms with Gasteiger partial charge in [0.25, 0.3) is 0 Å². The zero-order valence-corrected chi connectivity index (χ0v) is 8.22. The minimum atomic E-state index is 0.166. The van der Waals surface area contributed by atoms with Crippen LogP contribution in [0.25, 0.3) is 0 Å². The average molecular weight is 173 g/mol. The highest BCUT2D eigenvalue weighted by atomic mass is 16.5. The predicted molar refractivity (Wildman–Crippen MR) is 49.3 cm³/mol. The molecule has 0 aliphatic heterocycles. The minimum Gasteiger partial charge on any atom is -0.372 e. The van der Waals surface area contributed by atoms with Crippen molar-refractivity contribution in [1.29, 1.82) is 0 Å². The van der Waals surface area contributed by atoms with Gasteiger partial charge in [0.2, 0.25) is 0 Å². The topological polar surface area (TPSA) is 38.3 Å². The molecule has 0 heterocycles. The Bertz CT molecular complexity index is 124. The Morgan fingerprint density at radius 2 is 2.17 bits per heavy atom. The summed E-state index contributed by atoms with van der Waals surface area (Å²) in [6.45, 7) is 7.70. The Labute approximate surface area is 74.5 Å². The standard InChI is InChI=1S/C9H19NO2/c1-4-9(11)7-12-6-5-10-8(2)3/h8,10H,4-7H2,1-3H3. The summed E-state index contributed by atoms with van der Waals surface area (Å²) in [5, 5.41) is 3.20. The number of carbonyl (C=O) groups is 1. The molecule has 0 fully saturated rings. The highest BCUT2D eigenvalue weighted by Gasteiger charge is 1.97. The zero-order valence-electron chi connectivity index (χ0n) is 8.22. The van der Waals surface area contributed by atoms with Gasteiger partial charge in [0, 0.05) is 19.0 Å². The van der Waals surface area contributed by atoms with Gasteiger partial charge in [0.05, 0.1) is 6.61 Å². The lowest BCUT2D eigenvalue weighted by molar-refractivity contribution is -0.123. The maximum atomic E-state index is 10.8. The summed E-state index contributed by atoms with van der Waals surface area (Å²) in [5.74, 6) is 0.166. The van der Waals surface area contributed by atoms with E-state index in [-0.39, 0.29) is 12.4 Å². The Morgan fingerprint density at radius 1 is 1.50 bits per heavy atom. The molecule has 0 unspecified atom stereocenters. The molecule has 3 nitrogen and oxygen atoms in total. The lowest BCUT2D eigenvalue weighted by Gasteiger charge is -2.07. The third-order valence-electron chi connectivity index (χ3n) is 1.46. The summed E-state index contributed by atoms with van der Waals surface area (Å²) in [4.78, 5) is 10.8. The van der Waals surface area contributed by atoms with Crippen LogP contribution in [0.3, 0.4) is 0 Å². The summed E-state index contributed by atoms with van der Waals surface area (Å²) in [7, 11) is 0. The largest absolute Gasteiger partial charge is 0.372 e. The molecule has 0 aromatic carbocycles. The van der Waals surface area contributed by atoms with Crippen LogP contribution >= 0.6 is 0 Å². The van der Waals surface area contributed by atoms with Gasteiger partial charge < -0.3 is 10.1 Å². The molecule has 3 heteroatoms. The number of hydrogen-bond acceptors (Lipinski definition) is 3. The smallest absolute Gasteiger partial charge is 0.158 e. The normalized spacial score (nSPS) is 10.7. The van der Waals surface area contributed by atoms with E-state index in [2.05, 4.69) is 19.2 Å². The third-order valence-corrected chi connectivity index (χ3v) is 1.46. The third kappa shape index (κ3) is 7.69. The molecule has 0 aliphatic carbocycles. The lowest BCUT2D eigenvalue weighted by atomic mass is 10.3. The maximum absolute atomic E-state index is 10.8. The quantitative estimate of drug-likeness (QED) is 0.583. The van der Waals surface area contributed by atoms with Crippen LogP contribution in [0.1, 0.15) is 27.2 Å². The van der Waals surface area contributed by atoms with Crippen molar-refractivity contribution in [2.75, 3.05) is 19.8 Å². The molecule has 12 heavy (non-hydrogen) atoms. The molecule has 0 aliphatic rings. The number of carbonyl (C=O) groups excluding carboxylic acids is 1. The molecule has 0 radical (unpaired) electrons. The van der Waals surface area contributed by atoms with Crippen molar-refractivity contribution < 1.29 is 9.53 Å². The molecular formula is C9H19NO2. The van der Waals surface area contributed by atoms with Gasteiger partial charge in [-0.1, -0.05) is 20.8 Å². The number of Topliss-reactive ketones (excluding diaryl/α,β-unsaturated/α-hetero) is 1. The van der Waals surface area contributed by atoms with Crippen LogP contribution in [0.15, 0.2) is 0 Å². The molecule has 0 saturated carbocycles. The molecule has 0 bridgehead atoms. The van der Waals surface area contributed by atoms with Crippen LogP contribution in [0.5, 0.6) is 0 Å². The van der Waals surface area contributed by atoms with E-state index < -0.39 is 0 Å². The van der Waals surface area contributed by atoms with Gasteiger partial charge in [-0.3, -0.25) is 4.79 Å². The fourth-order valence-electron chi connectivity index (χ4n) is 0.708. The molecule has 1 N–H and O–H groups in total. The van der Waals surface area contributed by atoms with Crippen LogP contribution in [0.4, 0.5) is 0 Å². The minimum absolute atomic E-state index is 0.166. The number of hydrogen-bond donors (Lipinski definition) is 1. The van der Waals surface area contributed by atoms with Crippen molar-refractivity contribution >= 4 is 5.78 Å². The Balaban J connectivity index is 3.05. The lowest BCUT2D eigenvalue weighted by Crippen LogP contribution is -2.27. The molecule has 0 rings (SSSR count). The van der Waals surface area contributed by atoms with Gasteiger partial charge in [0.15, 0.2) is 5.78 Å². The van der Waals surface area contributed by atoms with Crippen LogP contribution < -0.4 is 5.32 Å². The Morgan fingerprint density at radius 3 is 2.67 bits per heavy atom. The van der Waals surface area contributed by atoms with Crippen LogP contribution in [-0.4, -0.2) is 31.6 Å². The van der Waals surface area contributed by atoms with Crippen molar-refractivity contribution in [1.82, 2.24) is 5.32 Å². The molecule has 0 amide bonds. The second-order valence-corrected chi connectivity index (χ2v) is 3.05. The van der Waals surface area contributed by atoms with Crippen LogP contribution in [0, 0.1) is 0 Å². The molecule has 0 spiro atoms. The van der Waals surface area contributed by atoms with Crippen molar-refractivity contribution in [2.45, 2.75) is 33.2 Å². The molecule has 72 valence electrons. The highest BCUT2D eigenvalue weighted by Crippen LogP contribution is 1.83. The van der Waals surface area contributed by atoms with Gasteiger partial charge in [-0.05, 0) is 0 Å². The number of ketones is 1. The number of rotatable bonds is 7. The van der Waals surface area contributed by atoms with E-state index in [0.717, 1.165) is 6.54 Å². The van der Waals surface area contributed by atoms with E-state index in [4.69, 9.17) is 4.74 Å². The summed E-state index contributed by atoms with van der Waals surface area (Å²) >= 11 is 0. The molecule has 0 atom stereocenters. The first kappa shape index (κ1) is 11.6. The van der Waals surface area contributed by atoms with Crippen LogP contribution in [0.2, 0.25) is 0 Å². The highest BCUT2D eigenvalue weighted by molar-refractivity contribution is 5.79. The molecule has 0 aromatic rings. The number of nitrogens with one attached hydrogen (secondary N) is 1. The van der Waals surface area contributed by atoms with E-state index in [1.165, 1.54) is 0 Å². The van der Waals surface area contributed by atoms with E-state index in [0.29, 0.717) is 19.1 Å². The van der Waals surface area contributed by atoms with E-state index in [1.54, 1.807) is 0 Å². The molecule has 0 saturated heterocycles. The van der Waals surface area contributed by atoms with Crippen LogP contribution in [-0.2, 0) is 9.53 Å². The Kier molecular flexibility index (Phi) is 7.00. The van der Waals surface area contributed by atoms with Crippen molar-refractivity contribution in [3.8, 4) is 0 Å². The first-order valence-electron chi connectivity index (χ1n) is 4.49. The average Bonchev–Trinajstić information content (AvgIpc) is 2.03. The second-order valence-electron chi connectivity index (χ2n) is 3.05. The van der Waals surface area contributed by atoms with E-state index in [1.807, 2.05) is 6.92 Å². The fourth-order valence-corrected chi connectivity index (χ4v) is 0.708. The van der Waals surface area contributed by atoms with Gasteiger partial charge in [-0.25, -0.2) is 0 Å². The van der Waals surface area contributed by atoms with Gasteiger partial charge >= 0.3 is 0 Å². The summed E-state index contributed by atoms with van der Waals surface area (Å²) in [6.07, 6.45) is 0.567. The monoisotopic (exact) mass is 173 g/mol. The first-order chi connectivity index (χ1) is 5.66. The summed E-state index contributed by atoms with van der Waals surface area (Å²) < 4.78 is 5.12. The van der Waals surface area contributed by atoms with Crippen molar-refractivity contribution in [3.63, 3.8) is 0 Å². The van der Waals surface area contributed by atoms with E-state index in [9.17, 15) is 4.79 Å². The van der Waals surface area contributed by atoms with Gasteiger partial charge in [-0.15, -0.1) is 0 Å². The van der Waals surface area contributed by atoms with E-state index >= 15 is 0 Å². The Hall–Kier alpha value is -0.410. The predicted octanol–water partition coefficient (Wildman–Crippen LogP) is 0.980. The van der Waals surface area contributed by atoms with Crippen molar-refractivity contribution in [3.05, 3.63) is 0 Å². The van der Waals surface area contributed by atoms with Gasteiger partial charge in [0.1, 0.15) is 6.61 Å². The SMILES string of the molecule is CCC(=O)COCCNC(C)C. The summed E-state index contributed by atoms with van der Waals surface area (Å²) in [5.41, 5.74) is 0. The first-order valence-corrected chi connectivity index (χ1v) is 4.49. The molecular weight excluding hydrogens is 154 g/mol. The van der Waals surface area contributed by atoms with Gasteiger partial charge in [-0.2, -0.15) is 0 Å². The second kappa shape index (κ2) is 7.25. The fraction of sp³-hybridized carbons (Fsp3) is 0.889. The number of ether oxygens (including phenoxy) is 1. The maximum Gasteiger partial charge on any atom is 0.158 e. The molecule has 0 aromatic heterocycles. The van der Waals surface area contributed by atoms with Crippen molar-refractivity contribution in [2.24, 2.45) is 0 Å². The summed E-state index contributed by atoms with van der Waals surface area (Å²) in [6, 6.07) is 0.482. The zero-order chi connectivity index (χ0) is 9.40.